The minimum Gasteiger partial charge on any atom is -0.317 e. The second-order valence-corrected chi connectivity index (χ2v) is 4.66. The zero-order valence-corrected chi connectivity index (χ0v) is 14.6. The number of rotatable bonds is 0. The third-order valence-electron chi connectivity index (χ3n) is 3.12. The monoisotopic (exact) mass is 292 g/mol. The molecule has 1 saturated heterocycles. The van der Waals surface area contributed by atoms with Gasteiger partial charge in [-0.15, -0.1) is 0 Å². The Balaban J connectivity index is 0.000000321. The minimum atomic E-state index is 0.973. The number of nitrogens with zero attached hydrogens (tertiary/aromatic N) is 3. The van der Waals surface area contributed by atoms with Gasteiger partial charge in [-0.05, 0) is 56.5 Å². The molecule has 0 atom stereocenters. The van der Waals surface area contributed by atoms with Crippen molar-refractivity contribution in [1.82, 2.24) is 20.1 Å². The van der Waals surface area contributed by atoms with E-state index in [-0.39, 0.29) is 0 Å². The molecule has 21 heavy (non-hydrogen) atoms. The molecule has 0 saturated carbocycles. The lowest BCUT2D eigenvalue weighted by molar-refractivity contribution is 0.402. The molecule has 1 fully saturated rings. The molecule has 2 aromatic heterocycles. The van der Waals surface area contributed by atoms with Gasteiger partial charge in [-0.25, -0.2) is 0 Å². The van der Waals surface area contributed by atoms with E-state index in [1.165, 1.54) is 25.9 Å². The fraction of sp³-hybridized carbons (Fsp3) is 0.647. The summed E-state index contributed by atoms with van der Waals surface area (Å²) in [4.78, 5) is 0. The van der Waals surface area contributed by atoms with Crippen LogP contribution < -0.4 is 5.32 Å². The van der Waals surface area contributed by atoms with Crippen LogP contribution in [0.5, 0.6) is 0 Å². The van der Waals surface area contributed by atoms with Crippen molar-refractivity contribution in [3.05, 3.63) is 30.1 Å². The van der Waals surface area contributed by atoms with Gasteiger partial charge >= 0.3 is 0 Å². The Kier molecular flexibility index (Phi) is 11.5. The first-order valence-electron chi connectivity index (χ1n) is 8.23. The molecule has 4 heteroatoms. The Morgan fingerprint density at radius 2 is 1.71 bits per heavy atom. The van der Waals surface area contributed by atoms with Crippen molar-refractivity contribution in [2.24, 2.45) is 5.92 Å². The average molecular weight is 292 g/mol. The van der Waals surface area contributed by atoms with Gasteiger partial charge in [0.1, 0.15) is 0 Å². The van der Waals surface area contributed by atoms with Gasteiger partial charge in [-0.3, -0.25) is 0 Å². The first kappa shape index (κ1) is 19.6. The maximum absolute atomic E-state index is 4.02. The topological polar surface area (TPSA) is 42.2 Å². The normalized spacial score (nSPS) is 14.0. The molecule has 3 rings (SSSR count). The zero-order chi connectivity index (χ0) is 16.1. The summed E-state index contributed by atoms with van der Waals surface area (Å²) >= 11 is 0. The van der Waals surface area contributed by atoms with Crippen LogP contribution in [0.2, 0.25) is 0 Å². The van der Waals surface area contributed by atoms with Crippen molar-refractivity contribution in [1.29, 1.82) is 0 Å². The lowest BCUT2D eigenvalue weighted by Gasteiger charge is -2.17. The highest BCUT2D eigenvalue weighted by Gasteiger charge is 2.05. The van der Waals surface area contributed by atoms with Gasteiger partial charge < -0.3 is 5.32 Å². The van der Waals surface area contributed by atoms with Gasteiger partial charge in [0.15, 0.2) is 0 Å². The van der Waals surface area contributed by atoms with Gasteiger partial charge in [0.25, 0.3) is 0 Å². The molecule has 1 aliphatic rings. The van der Waals surface area contributed by atoms with Crippen LogP contribution in [-0.2, 0) is 0 Å². The van der Waals surface area contributed by atoms with Crippen molar-refractivity contribution < 1.29 is 0 Å². The van der Waals surface area contributed by atoms with Crippen LogP contribution in [0, 0.1) is 12.8 Å². The Bertz CT molecular complexity index is 459. The molecule has 0 aromatic carbocycles. The van der Waals surface area contributed by atoms with Crippen molar-refractivity contribution in [2.75, 3.05) is 13.1 Å². The van der Waals surface area contributed by atoms with E-state index < -0.39 is 0 Å². The third-order valence-corrected chi connectivity index (χ3v) is 3.12. The molecule has 3 heterocycles. The van der Waals surface area contributed by atoms with Crippen molar-refractivity contribution >= 4 is 5.52 Å². The van der Waals surface area contributed by atoms with E-state index in [0.717, 1.165) is 17.0 Å². The average Bonchev–Trinajstić information content (AvgIpc) is 2.95. The van der Waals surface area contributed by atoms with Crippen molar-refractivity contribution in [2.45, 2.75) is 54.4 Å². The second kappa shape index (κ2) is 12.3. The van der Waals surface area contributed by atoms with Crippen LogP contribution in [0.1, 0.15) is 53.0 Å². The highest BCUT2D eigenvalue weighted by molar-refractivity contribution is 5.50. The molecule has 0 radical (unpaired) electrons. The van der Waals surface area contributed by atoms with E-state index in [2.05, 4.69) is 22.4 Å². The van der Waals surface area contributed by atoms with Crippen LogP contribution >= 0.6 is 0 Å². The predicted molar refractivity (Wildman–Crippen MR) is 91.7 cm³/mol. The summed E-state index contributed by atoms with van der Waals surface area (Å²) in [6.45, 7) is 14.8. The molecule has 1 N–H and O–H groups in total. The largest absolute Gasteiger partial charge is 0.317 e. The fourth-order valence-corrected chi connectivity index (χ4v) is 1.92. The van der Waals surface area contributed by atoms with Gasteiger partial charge in [0.05, 0.1) is 11.7 Å². The maximum Gasteiger partial charge on any atom is 0.0902 e. The first-order chi connectivity index (χ1) is 10.3. The van der Waals surface area contributed by atoms with Gasteiger partial charge in [-0.2, -0.15) is 14.8 Å². The number of aryl methyl sites for hydroxylation is 1. The summed E-state index contributed by atoms with van der Waals surface area (Å²) in [6.07, 6.45) is 6.28. The van der Waals surface area contributed by atoms with Crippen LogP contribution in [0.15, 0.2) is 24.5 Å². The molecular formula is C17H32N4. The zero-order valence-electron chi connectivity index (χ0n) is 14.6. The van der Waals surface area contributed by atoms with Crippen LogP contribution in [0.3, 0.4) is 0 Å². The summed E-state index contributed by atoms with van der Waals surface area (Å²) in [5, 5.41) is 11.3. The summed E-state index contributed by atoms with van der Waals surface area (Å²) < 4.78 is 1.62. The number of hydrogen-bond acceptors (Lipinski definition) is 3. The molecule has 0 unspecified atom stereocenters. The molecule has 2 aromatic rings. The van der Waals surface area contributed by atoms with E-state index in [0.29, 0.717) is 0 Å². The van der Waals surface area contributed by atoms with E-state index in [1.54, 1.807) is 10.8 Å². The molecule has 4 nitrogen and oxygen atoms in total. The Morgan fingerprint density at radius 3 is 2.19 bits per heavy atom. The Labute approximate surface area is 130 Å². The van der Waals surface area contributed by atoms with Crippen LogP contribution in [0.25, 0.3) is 5.52 Å². The fourth-order valence-electron chi connectivity index (χ4n) is 1.92. The van der Waals surface area contributed by atoms with Crippen LogP contribution in [-0.4, -0.2) is 27.9 Å². The number of nitrogens with one attached hydrogen (secondary N) is 1. The smallest absolute Gasteiger partial charge is 0.0902 e. The third kappa shape index (κ3) is 7.23. The van der Waals surface area contributed by atoms with Crippen molar-refractivity contribution in [3.63, 3.8) is 0 Å². The van der Waals surface area contributed by atoms with Gasteiger partial charge in [-0.1, -0.05) is 34.6 Å². The summed E-state index contributed by atoms with van der Waals surface area (Å²) in [6, 6.07) is 3.90. The lowest BCUT2D eigenvalue weighted by Crippen LogP contribution is -2.26. The SMILES string of the molecule is CC.CC.CC1CCNCC1.Cc1cnn2ncccc12. The first-order valence-corrected chi connectivity index (χ1v) is 8.23. The number of fused-ring (bicyclic) bond motifs is 1. The minimum absolute atomic E-state index is 0.973. The Hall–Kier alpha value is -1.42. The molecule has 0 amide bonds. The summed E-state index contributed by atoms with van der Waals surface area (Å²) in [5.74, 6) is 0.973. The van der Waals surface area contributed by atoms with Gasteiger partial charge in [0, 0.05) is 6.20 Å². The molecule has 0 aliphatic carbocycles. The van der Waals surface area contributed by atoms with E-state index in [1.807, 2.05) is 52.9 Å². The lowest BCUT2D eigenvalue weighted by atomic mass is 10.0. The molecule has 0 bridgehead atoms. The standard InChI is InChI=1S/C7H7N3.C6H13N.2C2H6/c1-6-5-9-10-7(6)3-2-4-8-10;1-6-2-4-7-5-3-6;2*1-2/h2-5H,1H3;6-7H,2-5H2,1H3;2*1-2H3. The molecule has 1 aliphatic heterocycles. The van der Waals surface area contributed by atoms with Crippen LogP contribution in [0.4, 0.5) is 0 Å². The second-order valence-electron chi connectivity index (χ2n) is 4.66. The summed E-state index contributed by atoms with van der Waals surface area (Å²) in [7, 11) is 0. The maximum atomic E-state index is 4.02. The molecule has 0 spiro atoms. The molecular weight excluding hydrogens is 260 g/mol. The Morgan fingerprint density at radius 1 is 1.10 bits per heavy atom. The summed E-state index contributed by atoms with van der Waals surface area (Å²) in [5.41, 5.74) is 2.23. The number of hydrogen-bond donors (Lipinski definition) is 1. The number of piperidine rings is 1. The van der Waals surface area contributed by atoms with Gasteiger partial charge in [0.2, 0.25) is 0 Å². The van der Waals surface area contributed by atoms with E-state index in [4.69, 9.17) is 0 Å². The highest BCUT2D eigenvalue weighted by Crippen LogP contribution is 2.08. The highest BCUT2D eigenvalue weighted by atomic mass is 15.4. The predicted octanol–water partition coefficient (Wildman–Crippen LogP) is 4.10. The van der Waals surface area contributed by atoms with E-state index >= 15 is 0 Å². The molecule has 120 valence electrons. The van der Waals surface area contributed by atoms with Crippen molar-refractivity contribution in [3.8, 4) is 0 Å². The number of aromatic nitrogens is 3. The quantitative estimate of drug-likeness (QED) is 0.795. The van der Waals surface area contributed by atoms with E-state index in [9.17, 15) is 0 Å².